The first-order valence-electron chi connectivity index (χ1n) is 9.53. The van der Waals surface area contributed by atoms with Crippen molar-refractivity contribution in [3.8, 4) is 0 Å². The molecule has 0 bridgehead atoms. The van der Waals surface area contributed by atoms with E-state index in [1.165, 1.54) is 12.4 Å². The molecule has 0 saturated heterocycles. The van der Waals surface area contributed by atoms with Gasteiger partial charge >= 0.3 is 18.4 Å². The van der Waals surface area contributed by atoms with E-state index in [1.807, 2.05) is 0 Å². The maximum absolute atomic E-state index is 13.7. The van der Waals surface area contributed by atoms with Crippen molar-refractivity contribution in [2.45, 2.75) is 18.9 Å². The van der Waals surface area contributed by atoms with Crippen LogP contribution in [0, 0.1) is 0 Å². The Morgan fingerprint density at radius 2 is 1.62 bits per heavy atom. The van der Waals surface area contributed by atoms with E-state index in [-0.39, 0.29) is 36.0 Å². The average molecular weight is 482 g/mol. The highest BCUT2D eigenvalue weighted by Gasteiger charge is 2.39. The molecule has 2 aromatic carbocycles. The largest absolute Gasteiger partial charge is 0.418 e. The van der Waals surface area contributed by atoms with Gasteiger partial charge in [0.15, 0.2) is 0 Å². The van der Waals surface area contributed by atoms with Gasteiger partial charge in [0.25, 0.3) is 0 Å². The third-order valence-electron chi connectivity index (χ3n) is 4.65. The summed E-state index contributed by atoms with van der Waals surface area (Å²) < 4.78 is 81.1. The van der Waals surface area contributed by atoms with Crippen LogP contribution in [0.25, 0.3) is 0 Å². The SMILES string of the molecule is NC(=O)c1ccc(N(C(=O)NCc2cccnc2)c2cc(C(F)(F)F)ccc2C(F)(F)F)cc1. The number of amides is 3. The number of nitrogens with one attached hydrogen (secondary N) is 1. The Morgan fingerprint density at radius 1 is 0.941 bits per heavy atom. The number of alkyl halides is 6. The fraction of sp³-hybridized carbons (Fsp3) is 0.136. The lowest BCUT2D eigenvalue weighted by Gasteiger charge is -2.27. The van der Waals surface area contributed by atoms with Crippen LogP contribution < -0.4 is 16.0 Å². The summed E-state index contributed by atoms with van der Waals surface area (Å²) in [5, 5.41) is 2.38. The molecule has 0 fully saturated rings. The zero-order valence-electron chi connectivity index (χ0n) is 17.1. The van der Waals surface area contributed by atoms with Crippen molar-refractivity contribution in [2.75, 3.05) is 4.90 Å². The van der Waals surface area contributed by atoms with Crippen LogP contribution in [0.4, 0.5) is 42.5 Å². The van der Waals surface area contributed by atoms with Crippen molar-refractivity contribution in [1.29, 1.82) is 0 Å². The van der Waals surface area contributed by atoms with Crippen molar-refractivity contribution in [3.05, 3.63) is 89.2 Å². The van der Waals surface area contributed by atoms with Gasteiger partial charge in [0.1, 0.15) is 0 Å². The number of carbonyl (C=O) groups excluding carboxylic acids is 2. The number of urea groups is 1. The van der Waals surface area contributed by atoms with Crippen LogP contribution >= 0.6 is 0 Å². The normalized spacial score (nSPS) is 11.7. The summed E-state index contributed by atoms with van der Waals surface area (Å²) in [5.41, 5.74) is 1.54. The molecule has 0 unspecified atom stereocenters. The Labute approximate surface area is 189 Å². The Bertz CT molecular complexity index is 1180. The van der Waals surface area contributed by atoms with Crippen LogP contribution in [0.2, 0.25) is 0 Å². The molecule has 0 atom stereocenters. The van der Waals surface area contributed by atoms with Gasteiger partial charge in [0.2, 0.25) is 5.91 Å². The monoisotopic (exact) mass is 482 g/mol. The lowest BCUT2D eigenvalue weighted by molar-refractivity contribution is -0.140. The van der Waals surface area contributed by atoms with Gasteiger partial charge in [-0.05, 0) is 54.1 Å². The molecule has 0 radical (unpaired) electrons. The molecule has 0 aliphatic heterocycles. The molecule has 0 aliphatic carbocycles. The Kier molecular flexibility index (Phi) is 6.80. The number of primary amides is 1. The van der Waals surface area contributed by atoms with Crippen molar-refractivity contribution in [3.63, 3.8) is 0 Å². The van der Waals surface area contributed by atoms with Gasteiger partial charge in [0.05, 0.1) is 22.5 Å². The highest BCUT2D eigenvalue weighted by Crippen LogP contribution is 2.42. The predicted molar refractivity (Wildman–Crippen MR) is 110 cm³/mol. The summed E-state index contributed by atoms with van der Waals surface area (Å²) >= 11 is 0. The molecule has 12 heteroatoms. The smallest absolute Gasteiger partial charge is 0.366 e. The number of pyridine rings is 1. The number of hydrogen-bond acceptors (Lipinski definition) is 3. The number of nitrogens with zero attached hydrogens (tertiary/aromatic N) is 2. The predicted octanol–water partition coefficient (Wildman–Crippen LogP) is 5.27. The van der Waals surface area contributed by atoms with Crippen molar-refractivity contribution in [2.24, 2.45) is 5.73 Å². The van der Waals surface area contributed by atoms with Gasteiger partial charge in [0, 0.05) is 24.5 Å². The molecule has 34 heavy (non-hydrogen) atoms. The van der Waals surface area contributed by atoms with Crippen LogP contribution in [0.15, 0.2) is 67.0 Å². The Morgan fingerprint density at radius 3 is 2.15 bits per heavy atom. The molecule has 0 aliphatic rings. The zero-order valence-corrected chi connectivity index (χ0v) is 17.1. The van der Waals surface area contributed by atoms with Crippen LogP contribution in [0.3, 0.4) is 0 Å². The zero-order chi connectivity index (χ0) is 25.1. The first kappa shape index (κ1) is 24.6. The first-order chi connectivity index (χ1) is 15.9. The minimum absolute atomic E-state index is 0.0143. The van der Waals surface area contributed by atoms with Gasteiger partial charge in [-0.1, -0.05) is 6.07 Å². The number of anilines is 2. The third-order valence-corrected chi connectivity index (χ3v) is 4.65. The molecule has 6 nitrogen and oxygen atoms in total. The fourth-order valence-electron chi connectivity index (χ4n) is 3.03. The van der Waals surface area contributed by atoms with E-state index in [9.17, 15) is 35.9 Å². The second kappa shape index (κ2) is 9.41. The second-order valence-corrected chi connectivity index (χ2v) is 6.99. The van der Waals surface area contributed by atoms with Gasteiger partial charge in [-0.15, -0.1) is 0 Å². The number of carbonyl (C=O) groups is 2. The summed E-state index contributed by atoms with van der Waals surface area (Å²) in [5.74, 6) is -0.839. The van der Waals surface area contributed by atoms with Crippen LogP contribution in [0.5, 0.6) is 0 Å². The fourth-order valence-corrected chi connectivity index (χ4v) is 3.03. The molecular weight excluding hydrogens is 466 g/mol. The highest BCUT2D eigenvalue weighted by atomic mass is 19.4. The topological polar surface area (TPSA) is 88.3 Å². The third kappa shape index (κ3) is 5.63. The molecule has 178 valence electrons. The summed E-state index contributed by atoms with van der Waals surface area (Å²) in [4.78, 5) is 28.7. The van der Waals surface area contributed by atoms with Gasteiger partial charge in [-0.25, -0.2) is 4.79 Å². The average Bonchev–Trinajstić information content (AvgIpc) is 2.77. The van der Waals surface area contributed by atoms with Crippen molar-refractivity contribution >= 4 is 23.3 Å². The summed E-state index contributed by atoms with van der Waals surface area (Å²) in [6, 6.07) is 7.29. The molecule has 1 aromatic heterocycles. The molecule has 0 saturated carbocycles. The first-order valence-corrected chi connectivity index (χ1v) is 9.53. The maximum Gasteiger partial charge on any atom is 0.418 e. The molecular formula is C22H16F6N4O2. The van der Waals surface area contributed by atoms with E-state index in [1.54, 1.807) is 12.1 Å². The number of benzene rings is 2. The molecule has 1 heterocycles. The summed E-state index contributed by atoms with van der Waals surface area (Å²) in [7, 11) is 0. The van der Waals surface area contributed by atoms with Crippen LogP contribution in [-0.4, -0.2) is 16.9 Å². The van der Waals surface area contributed by atoms with E-state index in [4.69, 9.17) is 5.73 Å². The minimum Gasteiger partial charge on any atom is -0.366 e. The second-order valence-electron chi connectivity index (χ2n) is 6.99. The van der Waals surface area contributed by atoms with E-state index < -0.39 is 41.1 Å². The van der Waals surface area contributed by atoms with E-state index >= 15 is 0 Å². The van der Waals surface area contributed by atoms with Gasteiger partial charge in [-0.3, -0.25) is 14.7 Å². The minimum atomic E-state index is -5.07. The number of nitrogens with two attached hydrogens (primary N) is 1. The quantitative estimate of drug-likeness (QED) is 0.486. The highest BCUT2D eigenvalue weighted by molar-refractivity contribution is 6.01. The van der Waals surface area contributed by atoms with E-state index in [0.717, 1.165) is 24.3 Å². The van der Waals surface area contributed by atoms with Crippen LogP contribution in [-0.2, 0) is 18.9 Å². The summed E-state index contributed by atoms with van der Waals surface area (Å²) in [6.45, 7) is -0.164. The lowest BCUT2D eigenvalue weighted by atomic mass is 10.1. The number of halogens is 6. The molecule has 0 spiro atoms. The van der Waals surface area contributed by atoms with E-state index in [0.29, 0.717) is 10.5 Å². The number of rotatable bonds is 5. The van der Waals surface area contributed by atoms with Crippen molar-refractivity contribution in [1.82, 2.24) is 10.3 Å². The van der Waals surface area contributed by atoms with Gasteiger partial charge in [-0.2, -0.15) is 26.3 Å². The maximum atomic E-state index is 13.7. The standard InChI is InChI=1S/C22H16F6N4O2/c23-21(24,25)15-5-8-17(22(26,27)28)18(10-15)32(16-6-3-14(4-7-16)19(29)33)20(34)31-12-13-2-1-9-30-11-13/h1-11H,12H2,(H2,29,33)(H,31,34). The molecule has 3 N–H and O–H groups in total. The number of aromatic nitrogens is 1. The van der Waals surface area contributed by atoms with Gasteiger partial charge < -0.3 is 11.1 Å². The molecule has 3 aromatic rings. The lowest BCUT2D eigenvalue weighted by Crippen LogP contribution is -2.37. The molecule has 3 amide bonds. The Balaban J connectivity index is 2.14. The molecule has 3 rings (SSSR count). The van der Waals surface area contributed by atoms with Crippen molar-refractivity contribution < 1.29 is 35.9 Å². The van der Waals surface area contributed by atoms with E-state index in [2.05, 4.69) is 10.3 Å². The van der Waals surface area contributed by atoms with Crippen LogP contribution in [0.1, 0.15) is 27.0 Å². The number of hydrogen-bond donors (Lipinski definition) is 2. The summed E-state index contributed by atoms with van der Waals surface area (Å²) in [6.07, 6.45) is -7.17. The Hall–Kier alpha value is -4.09.